The number of pyridine rings is 1. The van der Waals surface area contributed by atoms with Gasteiger partial charge in [-0.2, -0.15) is 15.0 Å². The fraction of sp³-hybridized carbons (Fsp3) is 0.636. The molecule has 6 heterocycles. The van der Waals surface area contributed by atoms with Crippen molar-refractivity contribution >= 4 is 17.8 Å². The molecule has 0 amide bonds. The maximum Gasteiger partial charge on any atom is 0.250 e. The van der Waals surface area contributed by atoms with E-state index in [-0.39, 0.29) is 5.56 Å². The molecule has 6 rings (SSSR count). The third-order valence-corrected chi connectivity index (χ3v) is 7.14. The predicted molar refractivity (Wildman–Crippen MR) is 116 cm³/mol. The van der Waals surface area contributed by atoms with Crippen molar-refractivity contribution < 1.29 is 0 Å². The van der Waals surface area contributed by atoms with E-state index in [1.807, 2.05) is 10.6 Å². The predicted octanol–water partition coefficient (Wildman–Crippen LogP) is 1.86. The van der Waals surface area contributed by atoms with Crippen LogP contribution >= 0.6 is 0 Å². The smallest absolute Gasteiger partial charge is 0.250 e. The molecule has 3 saturated heterocycles. The van der Waals surface area contributed by atoms with Crippen LogP contribution in [0.3, 0.4) is 0 Å². The van der Waals surface area contributed by atoms with Crippen molar-refractivity contribution in [2.75, 3.05) is 54.0 Å². The lowest BCUT2D eigenvalue weighted by Crippen LogP contribution is -2.47. The van der Waals surface area contributed by atoms with Crippen LogP contribution in [0.25, 0.3) is 0 Å². The second-order valence-corrected chi connectivity index (χ2v) is 9.23. The molecule has 3 fully saturated rings. The van der Waals surface area contributed by atoms with Crippen LogP contribution in [-0.2, 0) is 6.54 Å². The van der Waals surface area contributed by atoms with Gasteiger partial charge in [0.1, 0.15) is 0 Å². The lowest BCUT2D eigenvalue weighted by molar-refractivity contribution is 0.279. The Morgan fingerprint density at radius 3 is 1.97 bits per heavy atom. The average molecular weight is 408 g/mol. The van der Waals surface area contributed by atoms with E-state index in [9.17, 15) is 4.79 Å². The summed E-state index contributed by atoms with van der Waals surface area (Å²) in [7, 11) is 0. The van der Waals surface area contributed by atoms with Crippen molar-refractivity contribution in [2.45, 2.75) is 44.6 Å². The summed E-state index contributed by atoms with van der Waals surface area (Å²) >= 11 is 0. The van der Waals surface area contributed by atoms with Gasteiger partial charge in [0.25, 0.3) is 5.56 Å². The lowest BCUT2D eigenvalue weighted by Gasteiger charge is -2.42. The van der Waals surface area contributed by atoms with Gasteiger partial charge in [-0.15, -0.1) is 0 Å². The fourth-order valence-electron chi connectivity index (χ4n) is 5.66. The second-order valence-electron chi connectivity index (χ2n) is 9.23. The van der Waals surface area contributed by atoms with Crippen LogP contribution in [-0.4, -0.2) is 58.8 Å². The van der Waals surface area contributed by atoms with E-state index in [2.05, 4.69) is 20.8 Å². The van der Waals surface area contributed by atoms with E-state index in [0.29, 0.717) is 11.8 Å². The normalized spacial score (nSPS) is 25.7. The molecule has 0 aliphatic carbocycles. The van der Waals surface area contributed by atoms with E-state index >= 15 is 0 Å². The molecule has 2 aromatic heterocycles. The zero-order chi connectivity index (χ0) is 20.1. The molecular formula is C22H29N7O. The van der Waals surface area contributed by atoms with Gasteiger partial charge in [-0.1, -0.05) is 6.07 Å². The first-order valence-corrected chi connectivity index (χ1v) is 11.5. The number of piperidine rings is 1. The molecule has 2 atom stereocenters. The van der Waals surface area contributed by atoms with Crippen molar-refractivity contribution in [3.63, 3.8) is 0 Å². The van der Waals surface area contributed by atoms with Crippen molar-refractivity contribution in [1.82, 2.24) is 19.5 Å². The monoisotopic (exact) mass is 407 g/mol. The van der Waals surface area contributed by atoms with Gasteiger partial charge in [0.2, 0.25) is 17.8 Å². The third kappa shape index (κ3) is 3.13. The van der Waals surface area contributed by atoms with Gasteiger partial charge in [-0.25, -0.2) is 0 Å². The number of anilines is 3. The first kappa shape index (κ1) is 18.2. The van der Waals surface area contributed by atoms with Crippen molar-refractivity contribution in [2.24, 2.45) is 5.92 Å². The Balaban J connectivity index is 1.35. The highest BCUT2D eigenvalue weighted by Crippen LogP contribution is 2.36. The van der Waals surface area contributed by atoms with E-state index in [4.69, 9.17) is 15.0 Å². The largest absolute Gasteiger partial charge is 0.341 e. The summed E-state index contributed by atoms with van der Waals surface area (Å²) in [6.45, 7) is 6.69. The van der Waals surface area contributed by atoms with Gasteiger partial charge in [0.15, 0.2) is 0 Å². The summed E-state index contributed by atoms with van der Waals surface area (Å²) in [5, 5.41) is 0. The molecule has 30 heavy (non-hydrogen) atoms. The van der Waals surface area contributed by atoms with E-state index in [0.717, 1.165) is 75.8 Å². The molecule has 4 aliphatic heterocycles. The Hall–Kier alpha value is -2.64. The second kappa shape index (κ2) is 7.25. The van der Waals surface area contributed by atoms with Crippen LogP contribution in [0.1, 0.15) is 43.7 Å². The maximum atomic E-state index is 12.3. The molecule has 158 valence electrons. The van der Waals surface area contributed by atoms with Gasteiger partial charge in [-0.05, 0) is 44.1 Å². The highest BCUT2D eigenvalue weighted by atomic mass is 16.1. The molecule has 0 aromatic carbocycles. The highest BCUT2D eigenvalue weighted by molar-refractivity contribution is 5.48. The summed E-state index contributed by atoms with van der Waals surface area (Å²) in [6.07, 6.45) is 5.97. The van der Waals surface area contributed by atoms with E-state index in [1.165, 1.54) is 25.7 Å². The third-order valence-electron chi connectivity index (χ3n) is 7.14. The maximum absolute atomic E-state index is 12.3. The molecule has 2 aromatic rings. The topological polar surface area (TPSA) is 70.4 Å². The summed E-state index contributed by atoms with van der Waals surface area (Å²) in [4.78, 5) is 34.1. The van der Waals surface area contributed by atoms with Crippen LogP contribution in [0.5, 0.6) is 0 Å². The van der Waals surface area contributed by atoms with Gasteiger partial charge in [-0.3, -0.25) is 4.79 Å². The Labute approximate surface area is 176 Å². The molecule has 2 bridgehead atoms. The Morgan fingerprint density at radius 1 is 0.733 bits per heavy atom. The number of hydrogen-bond donors (Lipinski definition) is 0. The standard InChI is InChI=1S/C22H29N7O/c30-19-7-5-6-18-17-12-16(14-29(18)19)13-28(15-17)22-24-20(26-8-1-2-9-26)23-21(25-22)27-10-3-4-11-27/h5-7,16-17H,1-4,8-15H2/t16-,17+/m0/s1. The molecule has 0 unspecified atom stereocenters. The summed E-state index contributed by atoms with van der Waals surface area (Å²) in [5.74, 6) is 3.31. The Bertz CT molecular complexity index is 959. The molecule has 0 N–H and O–H groups in total. The van der Waals surface area contributed by atoms with Crippen molar-refractivity contribution in [3.05, 3.63) is 34.2 Å². The van der Waals surface area contributed by atoms with Gasteiger partial charge in [0.05, 0.1) is 0 Å². The zero-order valence-electron chi connectivity index (χ0n) is 17.4. The fourth-order valence-corrected chi connectivity index (χ4v) is 5.66. The van der Waals surface area contributed by atoms with Crippen molar-refractivity contribution in [1.29, 1.82) is 0 Å². The van der Waals surface area contributed by atoms with Crippen LogP contribution in [0.15, 0.2) is 23.0 Å². The zero-order valence-corrected chi connectivity index (χ0v) is 17.4. The van der Waals surface area contributed by atoms with Gasteiger partial charge >= 0.3 is 0 Å². The number of nitrogens with zero attached hydrogens (tertiary/aromatic N) is 7. The lowest BCUT2D eigenvalue weighted by atomic mass is 9.83. The summed E-state index contributed by atoms with van der Waals surface area (Å²) in [5.41, 5.74) is 1.29. The number of hydrogen-bond acceptors (Lipinski definition) is 7. The highest BCUT2D eigenvalue weighted by Gasteiger charge is 2.36. The minimum absolute atomic E-state index is 0.128. The molecule has 8 nitrogen and oxygen atoms in total. The molecule has 8 heteroatoms. The summed E-state index contributed by atoms with van der Waals surface area (Å²) < 4.78 is 1.98. The molecular weight excluding hydrogens is 378 g/mol. The molecule has 0 saturated carbocycles. The molecule has 0 spiro atoms. The number of fused-ring (bicyclic) bond motifs is 4. The molecule has 0 radical (unpaired) electrons. The van der Waals surface area contributed by atoms with Gasteiger partial charge < -0.3 is 19.3 Å². The first-order valence-electron chi connectivity index (χ1n) is 11.5. The quantitative estimate of drug-likeness (QED) is 0.769. The Kier molecular flexibility index (Phi) is 4.39. The SMILES string of the molecule is O=c1cccc2n1C[C@H]1C[C@@H]2CN(c2nc(N3CCCC3)nc(N3CCCC3)n2)C1. The van der Waals surface area contributed by atoms with Crippen LogP contribution < -0.4 is 20.3 Å². The Morgan fingerprint density at radius 2 is 1.33 bits per heavy atom. The minimum atomic E-state index is 0.128. The van der Waals surface area contributed by atoms with Gasteiger partial charge in [0, 0.05) is 63.5 Å². The minimum Gasteiger partial charge on any atom is -0.341 e. The van der Waals surface area contributed by atoms with E-state index in [1.54, 1.807) is 6.07 Å². The van der Waals surface area contributed by atoms with Crippen LogP contribution in [0.2, 0.25) is 0 Å². The number of aromatic nitrogens is 4. The van der Waals surface area contributed by atoms with Crippen LogP contribution in [0.4, 0.5) is 17.8 Å². The van der Waals surface area contributed by atoms with Crippen molar-refractivity contribution in [3.8, 4) is 0 Å². The average Bonchev–Trinajstić information content (AvgIpc) is 3.49. The van der Waals surface area contributed by atoms with Crippen LogP contribution in [0, 0.1) is 5.92 Å². The molecule has 4 aliphatic rings. The summed E-state index contributed by atoms with van der Waals surface area (Å²) in [6, 6.07) is 5.69. The van der Waals surface area contributed by atoms with E-state index < -0.39 is 0 Å². The first-order chi connectivity index (χ1) is 14.7. The number of rotatable bonds is 3.